The number of carbonyl (C=O) groups excluding carboxylic acids is 1. The first-order chi connectivity index (χ1) is 11.0. The number of aryl methyl sites for hydroxylation is 1. The summed E-state index contributed by atoms with van der Waals surface area (Å²) in [5.41, 5.74) is 3.83. The van der Waals surface area contributed by atoms with E-state index >= 15 is 0 Å². The zero-order valence-electron chi connectivity index (χ0n) is 13.8. The molecule has 1 aromatic heterocycles. The van der Waals surface area contributed by atoms with Gasteiger partial charge in [-0.2, -0.15) is 0 Å². The molecule has 118 valence electrons. The number of imidazole rings is 1. The Labute approximate surface area is 136 Å². The summed E-state index contributed by atoms with van der Waals surface area (Å²) in [5.74, 6) is 1.02. The lowest BCUT2D eigenvalue weighted by Crippen LogP contribution is -2.18. The van der Waals surface area contributed by atoms with Crippen LogP contribution in [0.3, 0.4) is 0 Å². The van der Waals surface area contributed by atoms with E-state index in [1.807, 2.05) is 74.1 Å². The van der Waals surface area contributed by atoms with Gasteiger partial charge in [-0.1, -0.05) is 42.0 Å². The Morgan fingerprint density at radius 3 is 2.48 bits per heavy atom. The van der Waals surface area contributed by atoms with Crippen LogP contribution in [-0.2, 0) is 13.1 Å². The Bertz CT molecular complexity index is 831. The standard InChI is InChI=1S/C19H21N3O/c1-14-8-10-15(11-9-14)18(23)12-22-17-7-5-4-6-16(17)20-19(22)13-21(2)3/h4-11H,12-13H2,1-3H3. The van der Waals surface area contributed by atoms with Crippen LogP contribution in [0, 0.1) is 6.92 Å². The minimum absolute atomic E-state index is 0.105. The lowest BCUT2D eigenvalue weighted by atomic mass is 10.1. The molecule has 1 heterocycles. The Morgan fingerprint density at radius 2 is 1.78 bits per heavy atom. The zero-order chi connectivity index (χ0) is 16.4. The fourth-order valence-electron chi connectivity index (χ4n) is 2.68. The van der Waals surface area contributed by atoms with Crippen molar-refractivity contribution in [3.63, 3.8) is 0 Å². The number of aromatic nitrogens is 2. The van der Waals surface area contributed by atoms with E-state index in [1.165, 1.54) is 0 Å². The van der Waals surface area contributed by atoms with Crippen LogP contribution in [0.5, 0.6) is 0 Å². The van der Waals surface area contributed by atoms with Crippen LogP contribution in [0.2, 0.25) is 0 Å². The second-order valence-corrected chi connectivity index (χ2v) is 6.13. The number of benzene rings is 2. The highest BCUT2D eigenvalue weighted by Gasteiger charge is 2.15. The van der Waals surface area contributed by atoms with Crippen LogP contribution >= 0.6 is 0 Å². The van der Waals surface area contributed by atoms with Gasteiger partial charge in [-0.15, -0.1) is 0 Å². The molecular weight excluding hydrogens is 286 g/mol. The molecule has 2 aromatic carbocycles. The Hall–Kier alpha value is -2.46. The van der Waals surface area contributed by atoms with Gasteiger partial charge in [-0.05, 0) is 33.2 Å². The lowest BCUT2D eigenvalue weighted by molar-refractivity contribution is 0.0971. The lowest BCUT2D eigenvalue weighted by Gasteiger charge is -2.12. The highest BCUT2D eigenvalue weighted by atomic mass is 16.1. The number of rotatable bonds is 5. The maximum absolute atomic E-state index is 12.6. The van der Waals surface area contributed by atoms with Gasteiger partial charge in [0.1, 0.15) is 5.82 Å². The van der Waals surface area contributed by atoms with E-state index in [9.17, 15) is 4.79 Å². The molecule has 0 N–H and O–H groups in total. The average molecular weight is 307 g/mol. The molecule has 0 aliphatic heterocycles. The van der Waals surface area contributed by atoms with Gasteiger partial charge in [-0.25, -0.2) is 4.98 Å². The van der Waals surface area contributed by atoms with E-state index in [2.05, 4.69) is 9.88 Å². The summed E-state index contributed by atoms with van der Waals surface area (Å²) in [6.45, 7) is 3.04. The van der Waals surface area contributed by atoms with Crippen LogP contribution in [0.15, 0.2) is 48.5 Å². The number of nitrogens with zero attached hydrogens (tertiary/aromatic N) is 3. The van der Waals surface area contributed by atoms with Crippen LogP contribution in [0.1, 0.15) is 21.7 Å². The van der Waals surface area contributed by atoms with E-state index in [4.69, 9.17) is 0 Å². The third kappa shape index (κ3) is 3.32. The van der Waals surface area contributed by atoms with Gasteiger partial charge in [0, 0.05) is 5.56 Å². The van der Waals surface area contributed by atoms with Gasteiger partial charge < -0.3 is 9.47 Å². The SMILES string of the molecule is Cc1ccc(C(=O)Cn2c(CN(C)C)nc3ccccc32)cc1. The molecule has 4 heteroatoms. The van der Waals surface area contributed by atoms with Crippen LogP contribution in [-0.4, -0.2) is 34.3 Å². The molecule has 0 fully saturated rings. The minimum atomic E-state index is 0.105. The summed E-state index contributed by atoms with van der Waals surface area (Å²) in [7, 11) is 4.01. The average Bonchev–Trinajstić information content (AvgIpc) is 2.85. The van der Waals surface area contributed by atoms with Gasteiger partial charge in [0.15, 0.2) is 5.78 Å². The van der Waals surface area contributed by atoms with Crippen molar-refractivity contribution < 1.29 is 4.79 Å². The number of hydrogen-bond donors (Lipinski definition) is 0. The summed E-state index contributed by atoms with van der Waals surface area (Å²) in [6, 6.07) is 15.7. The van der Waals surface area contributed by atoms with Crippen molar-refractivity contribution in [1.82, 2.24) is 14.5 Å². The summed E-state index contributed by atoms with van der Waals surface area (Å²) < 4.78 is 2.03. The van der Waals surface area contributed by atoms with Crippen molar-refractivity contribution in [2.24, 2.45) is 0 Å². The zero-order valence-corrected chi connectivity index (χ0v) is 13.8. The fourth-order valence-corrected chi connectivity index (χ4v) is 2.68. The maximum Gasteiger partial charge on any atom is 0.182 e. The molecule has 3 rings (SSSR count). The highest BCUT2D eigenvalue weighted by Crippen LogP contribution is 2.18. The van der Waals surface area contributed by atoms with E-state index in [0.717, 1.165) is 28.0 Å². The van der Waals surface area contributed by atoms with Crippen LogP contribution < -0.4 is 0 Å². The fraction of sp³-hybridized carbons (Fsp3) is 0.263. The predicted octanol–water partition coefficient (Wildman–Crippen LogP) is 3.29. The van der Waals surface area contributed by atoms with Crippen LogP contribution in [0.25, 0.3) is 11.0 Å². The molecule has 0 aliphatic rings. The van der Waals surface area contributed by atoms with Gasteiger partial charge in [0.2, 0.25) is 0 Å². The summed E-state index contributed by atoms with van der Waals surface area (Å²) >= 11 is 0. The second kappa shape index (κ2) is 6.34. The topological polar surface area (TPSA) is 38.1 Å². The Morgan fingerprint density at radius 1 is 1.09 bits per heavy atom. The number of Topliss-reactive ketones (excluding diaryl/α,β-unsaturated/α-hetero) is 1. The molecule has 0 unspecified atom stereocenters. The van der Waals surface area contributed by atoms with Crippen LogP contribution in [0.4, 0.5) is 0 Å². The van der Waals surface area contributed by atoms with Gasteiger partial charge in [-0.3, -0.25) is 4.79 Å². The molecule has 0 aliphatic carbocycles. The molecule has 0 radical (unpaired) electrons. The molecule has 0 spiro atoms. The van der Waals surface area contributed by atoms with E-state index < -0.39 is 0 Å². The number of carbonyl (C=O) groups is 1. The largest absolute Gasteiger partial charge is 0.319 e. The first-order valence-electron chi connectivity index (χ1n) is 7.73. The molecule has 0 atom stereocenters. The normalized spacial score (nSPS) is 11.3. The third-order valence-electron chi connectivity index (χ3n) is 3.87. The molecular formula is C19H21N3O. The maximum atomic E-state index is 12.6. The van der Waals surface area contributed by atoms with Gasteiger partial charge >= 0.3 is 0 Å². The van der Waals surface area contributed by atoms with Crippen molar-refractivity contribution in [2.45, 2.75) is 20.0 Å². The van der Waals surface area contributed by atoms with Crippen molar-refractivity contribution in [2.75, 3.05) is 14.1 Å². The Balaban J connectivity index is 1.97. The second-order valence-electron chi connectivity index (χ2n) is 6.13. The molecule has 0 saturated heterocycles. The Kier molecular flexibility index (Phi) is 4.26. The summed E-state index contributed by atoms with van der Waals surface area (Å²) in [5, 5.41) is 0. The minimum Gasteiger partial charge on any atom is -0.319 e. The first kappa shape index (κ1) is 15.4. The van der Waals surface area contributed by atoms with Gasteiger partial charge in [0.25, 0.3) is 0 Å². The third-order valence-corrected chi connectivity index (χ3v) is 3.87. The predicted molar refractivity (Wildman–Crippen MR) is 92.6 cm³/mol. The van der Waals surface area contributed by atoms with Crippen molar-refractivity contribution in [3.05, 3.63) is 65.5 Å². The quantitative estimate of drug-likeness (QED) is 0.679. The molecule has 0 bridgehead atoms. The smallest absolute Gasteiger partial charge is 0.182 e. The summed E-state index contributed by atoms with van der Waals surface area (Å²) in [6.07, 6.45) is 0. The molecule has 3 aromatic rings. The van der Waals surface area contributed by atoms with E-state index in [0.29, 0.717) is 13.1 Å². The van der Waals surface area contributed by atoms with Gasteiger partial charge in [0.05, 0.1) is 24.1 Å². The molecule has 23 heavy (non-hydrogen) atoms. The number of fused-ring (bicyclic) bond motifs is 1. The molecule has 0 saturated carbocycles. The monoisotopic (exact) mass is 307 g/mol. The highest BCUT2D eigenvalue weighted by molar-refractivity contribution is 5.96. The number of para-hydroxylation sites is 2. The first-order valence-corrected chi connectivity index (χ1v) is 7.73. The van der Waals surface area contributed by atoms with Crippen molar-refractivity contribution in [1.29, 1.82) is 0 Å². The van der Waals surface area contributed by atoms with Crippen molar-refractivity contribution in [3.8, 4) is 0 Å². The van der Waals surface area contributed by atoms with Crippen molar-refractivity contribution >= 4 is 16.8 Å². The molecule has 0 amide bonds. The number of ketones is 1. The number of hydrogen-bond acceptors (Lipinski definition) is 3. The van der Waals surface area contributed by atoms with E-state index in [1.54, 1.807) is 0 Å². The molecule has 4 nitrogen and oxygen atoms in total. The van der Waals surface area contributed by atoms with E-state index in [-0.39, 0.29) is 5.78 Å². The summed E-state index contributed by atoms with van der Waals surface area (Å²) in [4.78, 5) is 19.4.